The summed E-state index contributed by atoms with van der Waals surface area (Å²) < 4.78 is 5.94. The van der Waals surface area contributed by atoms with Crippen LogP contribution in [0.2, 0.25) is 0 Å². The smallest absolute Gasteiger partial charge is 0.249 e. The van der Waals surface area contributed by atoms with Crippen molar-refractivity contribution in [2.45, 2.75) is 76.5 Å². The van der Waals surface area contributed by atoms with E-state index in [0.717, 1.165) is 38.8 Å². The van der Waals surface area contributed by atoms with E-state index in [1.54, 1.807) is 0 Å². The van der Waals surface area contributed by atoms with Gasteiger partial charge in [-0.1, -0.05) is 25.7 Å². The fourth-order valence-electron chi connectivity index (χ4n) is 3.02. The molecule has 2 rings (SSSR count). The van der Waals surface area contributed by atoms with Gasteiger partial charge in [-0.15, -0.1) is 0 Å². The van der Waals surface area contributed by atoms with E-state index in [1.807, 2.05) is 6.92 Å². The molecule has 0 spiro atoms. The number of carbonyl (C=O) groups is 1. The summed E-state index contributed by atoms with van der Waals surface area (Å²) in [5.41, 5.74) is 0. The third kappa shape index (κ3) is 5.11. The van der Waals surface area contributed by atoms with Gasteiger partial charge in [0.1, 0.15) is 6.10 Å². The summed E-state index contributed by atoms with van der Waals surface area (Å²) in [6.45, 7) is 3.85. The Morgan fingerprint density at radius 1 is 1.16 bits per heavy atom. The Bertz CT molecular complexity index is 269. The molecular formula is C15H28N2O2. The predicted octanol–water partition coefficient (Wildman–Crippen LogP) is 1.98. The van der Waals surface area contributed by atoms with Crippen molar-refractivity contribution in [3.05, 3.63) is 0 Å². The van der Waals surface area contributed by atoms with Gasteiger partial charge in [-0.05, 0) is 39.2 Å². The standard InChI is InChI=1S/C15H28N2O2/c1-12(19-14-8-4-2-3-5-9-14)15(18)17-13-7-6-10-16-11-13/h12-14,16H,2-11H2,1H3,(H,17,18)/t12?,13-/m0/s1. The van der Waals surface area contributed by atoms with E-state index < -0.39 is 0 Å². The van der Waals surface area contributed by atoms with Gasteiger partial charge in [0.15, 0.2) is 0 Å². The maximum Gasteiger partial charge on any atom is 0.249 e. The van der Waals surface area contributed by atoms with E-state index in [9.17, 15) is 4.79 Å². The summed E-state index contributed by atoms with van der Waals surface area (Å²) in [6, 6.07) is 0.279. The van der Waals surface area contributed by atoms with Crippen LogP contribution in [-0.2, 0) is 9.53 Å². The number of nitrogens with one attached hydrogen (secondary N) is 2. The van der Waals surface area contributed by atoms with Crippen molar-refractivity contribution >= 4 is 5.91 Å². The van der Waals surface area contributed by atoms with Crippen LogP contribution in [-0.4, -0.2) is 37.2 Å². The first-order chi connectivity index (χ1) is 9.25. The van der Waals surface area contributed by atoms with Crippen LogP contribution in [0.5, 0.6) is 0 Å². The zero-order valence-electron chi connectivity index (χ0n) is 12.1. The van der Waals surface area contributed by atoms with Gasteiger partial charge >= 0.3 is 0 Å². The van der Waals surface area contributed by atoms with Gasteiger partial charge < -0.3 is 15.4 Å². The van der Waals surface area contributed by atoms with Crippen LogP contribution < -0.4 is 10.6 Å². The van der Waals surface area contributed by atoms with Crippen LogP contribution in [0, 0.1) is 0 Å². The third-order valence-electron chi connectivity index (χ3n) is 4.21. The number of hydrogen-bond acceptors (Lipinski definition) is 3. The highest BCUT2D eigenvalue weighted by molar-refractivity contribution is 5.80. The molecule has 110 valence electrons. The van der Waals surface area contributed by atoms with Crippen LogP contribution in [0.3, 0.4) is 0 Å². The lowest BCUT2D eigenvalue weighted by atomic mass is 10.1. The minimum atomic E-state index is -0.315. The quantitative estimate of drug-likeness (QED) is 0.767. The number of piperidine rings is 1. The Labute approximate surface area is 116 Å². The maximum absolute atomic E-state index is 12.1. The first-order valence-electron chi connectivity index (χ1n) is 7.92. The minimum Gasteiger partial charge on any atom is -0.365 e. The number of ether oxygens (including phenoxy) is 1. The van der Waals surface area contributed by atoms with Crippen molar-refractivity contribution in [1.82, 2.24) is 10.6 Å². The van der Waals surface area contributed by atoms with Crippen molar-refractivity contribution in [2.24, 2.45) is 0 Å². The SMILES string of the molecule is CC(OC1CCCCCC1)C(=O)N[C@H]1CCCNC1. The maximum atomic E-state index is 12.1. The van der Waals surface area contributed by atoms with Gasteiger partial charge in [-0.25, -0.2) is 0 Å². The second kappa shape index (κ2) is 7.85. The van der Waals surface area contributed by atoms with E-state index >= 15 is 0 Å². The predicted molar refractivity (Wildman–Crippen MR) is 76.1 cm³/mol. The lowest BCUT2D eigenvalue weighted by molar-refractivity contribution is -0.136. The van der Waals surface area contributed by atoms with E-state index in [4.69, 9.17) is 4.74 Å². The topological polar surface area (TPSA) is 50.4 Å². The highest BCUT2D eigenvalue weighted by atomic mass is 16.5. The summed E-state index contributed by atoms with van der Waals surface area (Å²) in [5, 5.41) is 6.41. The molecule has 1 saturated heterocycles. The van der Waals surface area contributed by atoms with Crippen molar-refractivity contribution in [3.63, 3.8) is 0 Å². The second-order valence-electron chi connectivity index (χ2n) is 5.94. The largest absolute Gasteiger partial charge is 0.365 e. The van der Waals surface area contributed by atoms with Gasteiger partial charge in [0.05, 0.1) is 6.10 Å². The van der Waals surface area contributed by atoms with Gasteiger partial charge in [0.2, 0.25) is 5.91 Å². The Kier molecular flexibility index (Phi) is 6.11. The molecule has 0 bridgehead atoms. The number of carbonyl (C=O) groups excluding carboxylic acids is 1. The molecule has 2 atom stereocenters. The Morgan fingerprint density at radius 3 is 2.53 bits per heavy atom. The molecule has 2 aliphatic rings. The molecule has 1 saturated carbocycles. The molecule has 1 amide bonds. The molecule has 0 aromatic heterocycles. The minimum absolute atomic E-state index is 0.0537. The van der Waals surface area contributed by atoms with Gasteiger partial charge in [-0.2, -0.15) is 0 Å². The molecule has 1 unspecified atom stereocenters. The number of amides is 1. The Morgan fingerprint density at radius 2 is 1.89 bits per heavy atom. The summed E-state index contributed by atoms with van der Waals surface area (Å²) in [4.78, 5) is 12.1. The molecule has 0 aromatic carbocycles. The summed E-state index contributed by atoms with van der Waals surface area (Å²) in [7, 11) is 0. The highest BCUT2D eigenvalue weighted by Crippen LogP contribution is 2.21. The molecule has 2 fully saturated rings. The molecule has 1 aliphatic heterocycles. The molecule has 1 aliphatic carbocycles. The molecule has 2 N–H and O–H groups in total. The lowest BCUT2D eigenvalue weighted by Crippen LogP contribution is -2.49. The molecule has 0 aromatic rings. The van der Waals surface area contributed by atoms with Crippen LogP contribution in [0.25, 0.3) is 0 Å². The summed E-state index contributed by atoms with van der Waals surface area (Å²) in [6.07, 6.45) is 9.53. The molecule has 0 radical (unpaired) electrons. The fourth-order valence-corrected chi connectivity index (χ4v) is 3.02. The molecule has 1 heterocycles. The van der Waals surface area contributed by atoms with Crippen molar-refractivity contribution in [2.75, 3.05) is 13.1 Å². The molecule has 4 nitrogen and oxygen atoms in total. The van der Waals surface area contributed by atoms with Crippen molar-refractivity contribution < 1.29 is 9.53 Å². The molecule has 19 heavy (non-hydrogen) atoms. The summed E-state index contributed by atoms with van der Waals surface area (Å²) >= 11 is 0. The Hall–Kier alpha value is -0.610. The molecule has 4 heteroatoms. The van der Waals surface area contributed by atoms with Crippen LogP contribution >= 0.6 is 0 Å². The van der Waals surface area contributed by atoms with Gasteiger partial charge in [0, 0.05) is 12.6 Å². The monoisotopic (exact) mass is 268 g/mol. The number of hydrogen-bond donors (Lipinski definition) is 2. The third-order valence-corrected chi connectivity index (χ3v) is 4.21. The van der Waals surface area contributed by atoms with Gasteiger partial charge in [0.25, 0.3) is 0 Å². The first kappa shape index (κ1) is 14.8. The Balaban J connectivity index is 1.71. The summed E-state index contributed by atoms with van der Waals surface area (Å²) in [5.74, 6) is 0.0537. The van der Waals surface area contributed by atoms with Gasteiger partial charge in [-0.3, -0.25) is 4.79 Å². The van der Waals surface area contributed by atoms with E-state index in [-0.39, 0.29) is 24.2 Å². The van der Waals surface area contributed by atoms with E-state index in [2.05, 4.69) is 10.6 Å². The highest BCUT2D eigenvalue weighted by Gasteiger charge is 2.23. The van der Waals surface area contributed by atoms with E-state index in [1.165, 1.54) is 25.7 Å². The average molecular weight is 268 g/mol. The zero-order chi connectivity index (χ0) is 13.5. The first-order valence-corrected chi connectivity index (χ1v) is 7.92. The second-order valence-corrected chi connectivity index (χ2v) is 5.94. The zero-order valence-corrected chi connectivity index (χ0v) is 12.1. The normalized spacial score (nSPS) is 27.5. The molecular weight excluding hydrogens is 240 g/mol. The average Bonchev–Trinajstić information content (AvgIpc) is 2.68. The van der Waals surface area contributed by atoms with Crippen LogP contribution in [0.1, 0.15) is 58.3 Å². The van der Waals surface area contributed by atoms with Crippen LogP contribution in [0.15, 0.2) is 0 Å². The van der Waals surface area contributed by atoms with Crippen molar-refractivity contribution in [1.29, 1.82) is 0 Å². The fraction of sp³-hybridized carbons (Fsp3) is 0.933. The van der Waals surface area contributed by atoms with E-state index in [0.29, 0.717) is 0 Å². The lowest BCUT2D eigenvalue weighted by Gasteiger charge is -2.26. The van der Waals surface area contributed by atoms with Crippen molar-refractivity contribution in [3.8, 4) is 0 Å². The van der Waals surface area contributed by atoms with Crippen LogP contribution in [0.4, 0.5) is 0 Å². The number of rotatable bonds is 4.